The van der Waals surface area contributed by atoms with Gasteiger partial charge < -0.3 is 10.4 Å². The van der Waals surface area contributed by atoms with Crippen molar-refractivity contribution < 1.29 is 19.6 Å². The first kappa shape index (κ1) is 13.3. The van der Waals surface area contributed by atoms with Crippen LogP contribution in [0.1, 0.15) is 6.42 Å². The van der Waals surface area contributed by atoms with Crippen molar-refractivity contribution in [3.05, 3.63) is 33.3 Å². The standard InChI is InChI=1S/C11H9ClN2O5/c12-8-2-1-5(14(18)19)3-9(8)13-10(15)6-4-7(6)11(16)17/h1-3,6-7H,4H2,(H,13,15)(H,16,17)/t6-,7+/m1/s1. The van der Waals surface area contributed by atoms with Gasteiger partial charge in [-0.15, -0.1) is 0 Å². The van der Waals surface area contributed by atoms with Gasteiger partial charge in [0.05, 0.1) is 27.5 Å². The van der Waals surface area contributed by atoms with Crippen LogP contribution in [0.15, 0.2) is 18.2 Å². The maximum Gasteiger partial charge on any atom is 0.307 e. The third-order valence-corrected chi connectivity index (χ3v) is 3.19. The average molecular weight is 285 g/mol. The Morgan fingerprint density at radius 2 is 2.11 bits per heavy atom. The molecule has 1 amide bonds. The van der Waals surface area contributed by atoms with Crippen molar-refractivity contribution >= 4 is 34.9 Å². The highest BCUT2D eigenvalue weighted by molar-refractivity contribution is 6.33. The zero-order valence-electron chi connectivity index (χ0n) is 9.50. The number of hydrogen-bond acceptors (Lipinski definition) is 4. The fourth-order valence-electron chi connectivity index (χ4n) is 1.71. The Bertz CT molecular complexity index is 574. The van der Waals surface area contributed by atoms with Crippen LogP contribution in [0.25, 0.3) is 0 Å². The summed E-state index contributed by atoms with van der Waals surface area (Å²) >= 11 is 5.82. The minimum absolute atomic E-state index is 0.108. The fraction of sp³-hybridized carbons (Fsp3) is 0.273. The van der Waals surface area contributed by atoms with E-state index in [0.717, 1.165) is 6.07 Å². The monoisotopic (exact) mass is 284 g/mol. The summed E-state index contributed by atoms with van der Waals surface area (Å²) in [6.07, 6.45) is 0.272. The second-order valence-electron chi connectivity index (χ2n) is 4.20. The molecule has 2 rings (SSSR count). The number of carbonyl (C=O) groups excluding carboxylic acids is 1. The van der Waals surface area contributed by atoms with Crippen molar-refractivity contribution in [3.8, 4) is 0 Å². The van der Waals surface area contributed by atoms with Crippen LogP contribution < -0.4 is 5.32 Å². The van der Waals surface area contributed by atoms with E-state index >= 15 is 0 Å². The average Bonchev–Trinajstić information content (AvgIpc) is 3.11. The van der Waals surface area contributed by atoms with E-state index in [2.05, 4.69) is 5.32 Å². The number of nitrogens with zero attached hydrogens (tertiary/aromatic N) is 1. The van der Waals surface area contributed by atoms with Crippen molar-refractivity contribution in [1.82, 2.24) is 0 Å². The van der Waals surface area contributed by atoms with Gasteiger partial charge in [0.25, 0.3) is 5.69 Å². The molecule has 0 bridgehead atoms. The Kier molecular flexibility index (Phi) is 3.39. The number of amides is 1. The molecule has 1 aromatic carbocycles. The Hall–Kier alpha value is -2.15. The minimum atomic E-state index is -1.02. The van der Waals surface area contributed by atoms with E-state index in [1.165, 1.54) is 12.1 Å². The summed E-state index contributed by atoms with van der Waals surface area (Å²) in [6, 6.07) is 3.66. The molecule has 0 spiro atoms. The molecule has 7 nitrogen and oxygen atoms in total. The van der Waals surface area contributed by atoms with E-state index in [4.69, 9.17) is 16.7 Å². The molecule has 0 saturated heterocycles. The van der Waals surface area contributed by atoms with Crippen LogP contribution >= 0.6 is 11.6 Å². The molecule has 19 heavy (non-hydrogen) atoms. The first-order valence-corrected chi connectivity index (χ1v) is 5.75. The lowest BCUT2D eigenvalue weighted by atomic mass is 10.2. The SMILES string of the molecule is O=C(O)[C@H]1C[C@H]1C(=O)Nc1cc([N+](=O)[O-])ccc1Cl. The van der Waals surface area contributed by atoms with Crippen LogP contribution in [0.2, 0.25) is 5.02 Å². The molecular weight excluding hydrogens is 276 g/mol. The van der Waals surface area contributed by atoms with E-state index in [-0.39, 0.29) is 22.8 Å². The number of nitrogens with one attached hydrogen (secondary N) is 1. The first-order chi connectivity index (χ1) is 8.90. The molecule has 2 atom stereocenters. The molecule has 1 saturated carbocycles. The number of nitro groups is 1. The highest BCUT2D eigenvalue weighted by Crippen LogP contribution is 2.40. The van der Waals surface area contributed by atoms with Crippen molar-refractivity contribution in [2.45, 2.75) is 6.42 Å². The summed E-state index contributed by atoms with van der Waals surface area (Å²) in [5.74, 6) is -2.80. The van der Waals surface area contributed by atoms with Gasteiger partial charge >= 0.3 is 5.97 Å². The third kappa shape index (κ3) is 2.82. The van der Waals surface area contributed by atoms with E-state index in [9.17, 15) is 19.7 Å². The normalized spacial score (nSPS) is 20.7. The molecule has 8 heteroatoms. The maximum atomic E-state index is 11.7. The smallest absolute Gasteiger partial charge is 0.307 e. The van der Waals surface area contributed by atoms with Gasteiger partial charge in [-0.3, -0.25) is 19.7 Å². The molecular formula is C11H9ClN2O5. The molecule has 1 aliphatic rings. The Morgan fingerprint density at radius 1 is 1.42 bits per heavy atom. The molecule has 1 aliphatic carbocycles. The molecule has 0 heterocycles. The Balaban J connectivity index is 2.11. The number of hydrogen-bond donors (Lipinski definition) is 2. The molecule has 0 radical (unpaired) electrons. The quantitative estimate of drug-likeness (QED) is 0.648. The number of anilines is 1. The Morgan fingerprint density at radius 3 is 2.63 bits per heavy atom. The zero-order chi connectivity index (χ0) is 14.2. The van der Waals surface area contributed by atoms with Gasteiger partial charge in [0.15, 0.2) is 0 Å². The van der Waals surface area contributed by atoms with Crippen molar-refractivity contribution in [3.63, 3.8) is 0 Å². The lowest BCUT2D eigenvalue weighted by Crippen LogP contribution is -2.17. The summed E-state index contributed by atoms with van der Waals surface area (Å²) in [7, 11) is 0. The van der Waals surface area contributed by atoms with Gasteiger partial charge in [0, 0.05) is 12.1 Å². The lowest BCUT2D eigenvalue weighted by molar-refractivity contribution is -0.384. The van der Waals surface area contributed by atoms with Crippen LogP contribution in [0.4, 0.5) is 11.4 Å². The van der Waals surface area contributed by atoms with Crippen LogP contribution in [-0.4, -0.2) is 21.9 Å². The van der Waals surface area contributed by atoms with Gasteiger partial charge in [-0.05, 0) is 12.5 Å². The predicted molar refractivity (Wildman–Crippen MR) is 66.0 cm³/mol. The number of halogens is 1. The number of non-ortho nitro benzene ring substituents is 1. The molecule has 0 aromatic heterocycles. The largest absolute Gasteiger partial charge is 0.481 e. The van der Waals surface area contributed by atoms with Crippen molar-refractivity contribution in [1.29, 1.82) is 0 Å². The van der Waals surface area contributed by atoms with Gasteiger partial charge in [-0.25, -0.2) is 0 Å². The topological polar surface area (TPSA) is 110 Å². The van der Waals surface area contributed by atoms with E-state index in [1.807, 2.05) is 0 Å². The van der Waals surface area contributed by atoms with Crippen LogP contribution in [0.3, 0.4) is 0 Å². The summed E-state index contributed by atoms with van der Waals surface area (Å²) in [5, 5.41) is 21.9. The summed E-state index contributed by atoms with van der Waals surface area (Å²) in [5.41, 5.74) is -0.0952. The van der Waals surface area contributed by atoms with Crippen LogP contribution in [0.5, 0.6) is 0 Å². The van der Waals surface area contributed by atoms with Gasteiger partial charge in [-0.1, -0.05) is 11.6 Å². The summed E-state index contributed by atoms with van der Waals surface area (Å²) < 4.78 is 0. The van der Waals surface area contributed by atoms with Gasteiger partial charge in [0.1, 0.15) is 0 Å². The molecule has 100 valence electrons. The van der Waals surface area contributed by atoms with E-state index in [0.29, 0.717) is 0 Å². The predicted octanol–water partition coefficient (Wildman–Crippen LogP) is 1.91. The highest BCUT2D eigenvalue weighted by atomic mass is 35.5. The van der Waals surface area contributed by atoms with Crippen molar-refractivity contribution in [2.24, 2.45) is 11.8 Å². The number of carboxylic acids is 1. The highest BCUT2D eigenvalue weighted by Gasteiger charge is 2.48. The number of nitro benzene ring substituents is 1. The third-order valence-electron chi connectivity index (χ3n) is 2.86. The maximum absolute atomic E-state index is 11.7. The van der Waals surface area contributed by atoms with E-state index < -0.39 is 28.6 Å². The number of aliphatic carboxylic acids is 1. The second-order valence-corrected chi connectivity index (χ2v) is 4.60. The number of benzene rings is 1. The van der Waals surface area contributed by atoms with Gasteiger partial charge in [-0.2, -0.15) is 0 Å². The molecule has 0 aliphatic heterocycles. The number of carbonyl (C=O) groups is 2. The summed E-state index contributed by atoms with van der Waals surface area (Å²) in [6.45, 7) is 0. The zero-order valence-corrected chi connectivity index (χ0v) is 10.3. The fourth-order valence-corrected chi connectivity index (χ4v) is 1.87. The molecule has 2 N–H and O–H groups in total. The van der Waals surface area contributed by atoms with Crippen molar-refractivity contribution in [2.75, 3.05) is 5.32 Å². The first-order valence-electron chi connectivity index (χ1n) is 5.37. The van der Waals surface area contributed by atoms with Gasteiger partial charge in [0.2, 0.25) is 5.91 Å². The molecule has 0 unspecified atom stereocenters. The summed E-state index contributed by atoms with van der Waals surface area (Å²) in [4.78, 5) is 32.4. The molecule has 1 aromatic rings. The number of rotatable bonds is 4. The molecule has 1 fully saturated rings. The minimum Gasteiger partial charge on any atom is -0.481 e. The Labute approximate surface area is 112 Å². The van der Waals surface area contributed by atoms with Crippen LogP contribution in [-0.2, 0) is 9.59 Å². The second kappa shape index (κ2) is 4.85. The number of carboxylic acid groups (broad SMARTS) is 1. The lowest BCUT2D eigenvalue weighted by Gasteiger charge is -2.06. The van der Waals surface area contributed by atoms with E-state index in [1.54, 1.807) is 0 Å². The van der Waals surface area contributed by atoms with Crippen LogP contribution in [0, 0.1) is 22.0 Å².